The maximum atomic E-state index is 13.5. The van der Waals surface area contributed by atoms with Crippen LogP contribution in [0.1, 0.15) is 6.42 Å². The minimum atomic E-state index is -0.549. The van der Waals surface area contributed by atoms with Gasteiger partial charge in [0.25, 0.3) is 0 Å². The molecular weight excluding hydrogens is 367 g/mol. The number of hydrogen-bond acceptors (Lipinski definition) is 4. The van der Waals surface area contributed by atoms with Gasteiger partial charge >= 0.3 is 5.97 Å². The lowest BCUT2D eigenvalue weighted by atomic mass is 10.3. The first-order valence-corrected chi connectivity index (χ1v) is 7.86. The van der Waals surface area contributed by atoms with E-state index in [1.807, 2.05) is 30.3 Å². The van der Waals surface area contributed by atoms with Crippen molar-refractivity contribution in [1.82, 2.24) is 0 Å². The van der Waals surface area contributed by atoms with Crippen LogP contribution in [0, 0.1) is 5.82 Å². The molecule has 0 spiro atoms. The SMILES string of the molecule is O=C(COc1ccc(Br)cc1F)OCCCOc1ccccc1. The first-order valence-electron chi connectivity index (χ1n) is 7.06. The predicted octanol–water partition coefficient (Wildman–Crippen LogP) is 3.98. The third-order valence-electron chi connectivity index (χ3n) is 2.80. The predicted molar refractivity (Wildman–Crippen MR) is 87.1 cm³/mol. The highest BCUT2D eigenvalue weighted by molar-refractivity contribution is 9.10. The van der Waals surface area contributed by atoms with Crippen LogP contribution in [0.3, 0.4) is 0 Å². The summed E-state index contributed by atoms with van der Waals surface area (Å²) in [6.45, 7) is 0.329. The van der Waals surface area contributed by atoms with Crippen LogP contribution < -0.4 is 9.47 Å². The summed E-state index contributed by atoms with van der Waals surface area (Å²) in [5.74, 6) is -0.305. The minimum absolute atomic E-state index is 0.0116. The molecular formula is C17H16BrFO4. The Labute approximate surface area is 142 Å². The molecule has 122 valence electrons. The maximum Gasteiger partial charge on any atom is 0.344 e. The number of para-hydroxylation sites is 1. The second-order valence-corrected chi connectivity index (χ2v) is 5.51. The molecule has 0 aliphatic rings. The normalized spacial score (nSPS) is 10.2. The number of ether oxygens (including phenoxy) is 3. The lowest BCUT2D eigenvalue weighted by Crippen LogP contribution is -2.17. The fourth-order valence-corrected chi connectivity index (χ4v) is 2.06. The Bertz CT molecular complexity index is 634. The first kappa shape index (κ1) is 17.3. The van der Waals surface area contributed by atoms with Crippen LogP contribution in [0.25, 0.3) is 0 Å². The van der Waals surface area contributed by atoms with Gasteiger partial charge in [0.2, 0.25) is 0 Å². The summed E-state index contributed by atoms with van der Waals surface area (Å²) in [6, 6.07) is 13.7. The van der Waals surface area contributed by atoms with Crippen molar-refractivity contribution >= 4 is 21.9 Å². The molecule has 0 saturated carbocycles. The Morgan fingerprint density at radius 2 is 1.83 bits per heavy atom. The number of halogens is 2. The molecule has 0 aliphatic carbocycles. The molecule has 0 aromatic heterocycles. The van der Waals surface area contributed by atoms with Crippen molar-refractivity contribution in [3.8, 4) is 11.5 Å². The Balaban J connectivity index is 1.60. The largest absolute Gasteiger partial charge is 0.493 e. The average molecular weight is 383 g/mol. The van der Waals surface area contributed by atoms with E-state index in [1.54, 1.807) is 6.07 Å². The minimum Gasteiger partial charge on any atom is -0.493 e. The standard InChI is InChI=1S/C17H16BrFO4/c18-13-7-8-16(15(19)11-13)23-12-17(20)22-10-4-9-21-14-5-2-1-3-6-14/h1-3,5-8,11H,4,9-10,12H2. The van der Waals surface area contributed by atoms with Gasteiger partial charge in [-0.1, -0.05) is 34.1 Å². The highest BCUT2D eigenvalue weighted by atomic mass is 79.9. The molecule has 4 nitrogen and oxygen atoms in total. The smallest absolute Gasteiger partial charge is 0.344 e. The van der Waals surface area contributed by atoms with Gasteiger partial charge in [-0.15, -0.1) is 0 Å². The number of hydrogen-bond donors (Lipinski definition) is 0. The number of carbonyl (C=O) groups is 1. The van der Waals surface area contributed by atoms with Crippen molar-refractivity contribution in [3.05, 3.63) is 58.8 Å². The van der Waals surface area contributed by atoms with E-state index in [0.29, 0.717) is 17.5 Å². The molecule has 2 rings (SSSR count). The third-order valence-corrected chi connectivity index (χ3v) is 3.30. The molecule has 0 heterocycles. The van der Waals surface area contributed by atoms with Crippen LogP contribution in [0.2, 0.25) is 0 Å². The van der Waals surface area contributed by atoms with Crippen LogP contribution in [0.15, 0.2) is 53.0 Å². The molecule has 0 radical (unpaired) electrons. The molecule has 6 heteroatoms. The zero-order chi connectivity index (χ0) is 16.5. The Hall–Kier alpha value is -2.08. The second kappa shape index (κ2) is 9.15. The summed E-state index contributed by atoms with van der Waals surface area (Å²) in [5.41, 5.74) is 0. The molecule has 0 N–H and O–H groups in total. The highest BCUT2D eigenvalue weighted by Gasteiger charge is 2.08. The molecule has 2 aromatic carbocycles. The van der Waals surface area contributed by atoms with Gasteiger partial charge in [-0.25, -0.2) is 9.18 Å². The average Bonchev–Trinajstić information content (AvgIpc) is 2.54. The van der Waals surface area contributed by atoms with E-state index in [1.165, 1.54) is 12.1 Å². The lowest BCUT2D eigenvalue weighted by molar-refractivity contribution is -0.146. The quantitative estimate of drug-likeness (QED) is 0.511. The van der Waals surface area contributed by atoms with E-state index in [4.69, 9.17) is 14.2 Å². The molecule has 2 aromatic rings. The van der Waals surface area contributed by atoms with Gasteiger partial charge in [-0.3, -0.25) is 0 Å². The van der Waals surface area contributed by atoms with E-state index in [0.717, 1.165) is 5.75 Å². The number of rotatable bonds is 8. The molecule has 0 aliphatic heterocycles. The zero-order valence-corrected chi connectivity index (χ0v) is 13.9. The molecule has 23 heavy (non-hydrogen) atoms. The number of benzene rings is 2. The Kier molecular flexibility index (Phi) is 6.87. The molecule has 0 bridgehead atoms. The lowest BCUT2D eigenvalue weighted by Gasteiger charge is -2.09. The third kappa shape index (κ3) is 6.28. The van der Waals surface area contributed by atoms with Crippen molar-refractivity contribution in [2.24, 2.45) is 0 Å². The molecule has 0 fully saturated rings. The van der Waals surface area contributed by atoms with Crippen LogP contribution in [-0.4, -0.2) is 25.8 Å². The van der Waals surface area contributed by atoms with E-state index < -0.39 is 11.8 Å². The van der Waals surface area contributed by atoms with Crippen molar-refractivity contribution in [1.29, 1.82) is 0 Å². The molecule has 0 amide bonds. The summed E-state index contributed by atoms with van der Waals surface area (Å²) in [7, 11) is 0. The van der Waals surface area contributed by atoms with Gasteiger partial charge < -0.3 is 14.2 Å². The van der Waals surface area contributed by atoms with Gasteiger partial charge in [0.1, 0.15) is 5.75 Å². The van der Waals surface area contributed by atoms with Crippen LogP contribution >= 0.6 is 15.9 Å². The van der Waals surface area contributed by atoms with E-state index in [9.17, 15) is 9.18 Å². The Morgan fingerprint density at radius 3 is 2.57 bits per heavy atom. The summed E-state index contributed by atoms with van der Waals surface area (Å²) in [4.78, 5) is 11.5. The summed E-state index contributed by atoms with van der Waals surface area (Å²) >= 11 is 3.14. The van der Waals surface area contributed by atoms with Crippen LogP contribution in [-0.2, 0) is 9.53 Å². The van der Waals surface area contributed by atoms with Crippen molar-refractivity contribution < 1.29 is 23.4 Å². The fourth-order valence-electron chi connectivity index (χ4n) is 1.72. The summed E-state index contributed by atoms with van der Waals surface area (Å²) in [6.07, 6.45) is 0.563. The van der Waals surface area contributed by atoms with Gasteiger partial charge in [-0.2, -0.15) is 0 Å². The van der Waals surface area contributed by atoms with Crippen molar-refractivity contribution in [3.63, 3.8) is 0 Å². The zero-order valence-electron chi connectivity index (χ0n) is 12.3. The summed E-state index contributed by atoms with van der Waals surface area (Å²) in [5, 5.41) is 0. The van der Waals surface area contributed by atoms with Gasteiger partial charge in [0.05, 0.1) is 13.2 Å². The van der Waals surface area contributed by atoms with Gasteiger partial charge in [0, 0.05) is 10.9 Å². The molecule has 0 atom stereocenters. The van der Waals surface area contributed by atoms with E-state index >= 15 is 0 Å². The first-order chi connectivity index (χ1) is 11.1. The van der Waals surface area contributed by atoms with Gasteiger partial charge in [-0.05, 0) is 30.3 Å². The van der Waals surface area contributed by atoms with Crippen LogP contribution in [0.4, 0.5) is 4.39 Å². The Morgan fingerprint density at radius 1 is 1.04 bits per heavy atom. The summed E-state index contributed by atoms with van der Waals surface area (Å²) < 4.78 is 29.6. The van der Waals surface area contributed by atoms with Gasteiger partial charge in [0.15, 0.2) is 18.2 Å². The number of carbonyl (C=O) groups excluding carboxylic acids is 1. The fraction of sp³-hybridized carbons (Fsp3) is 0.235. The maximum absolute atomic E-state index is 13.5. The molecule has 0 unspecified atom stereocenters. The topological polar surface area (TPSA) is 44.8 Å². The van der Waals surface area contributed by atoms with Crippen molar-refractivity contribution in [2.45, 2.75) is 6.42 Å². The van der Waals surface area contributed by atoms with Crippen LogP contribution in [0.5, 0.6) is 11.5 Å². The van der Waals surface area contributed by atoms with E-state index in [-0.39, 0.29) is 19.0 Å². The monoisotopic (exact) mass is 382 g/mol. The highest BCUT2D eigenvalue weighted by Crippen LogP contribution is 2.21. The second-order valence-electron chi connectivity index (χ2n) is 4.60. The van der Waals surface area contributed by atoms with E-state index in [2.05, 4.69) is 15.9 Å². The number of esters is 1. The van der Waals surface area contributed by atoms with Crippen molar-refractivity contribution in [2.75, 3.05) is 19.8 Å². The molecule has 0 saturated heterocycles.